The van der Waals surface area contributed by atoms with Gasteiger partial charge in [-0.3, -0.25) is 0 Å². The third-order valence-electron chi connectivity index (χ3n) is 11.5. The van der Waals surface area contributed by atoms with Crippen molar-refractivity contribution < 1.29 is 8.22 Å². The molecule has 12 aromatic rings. The molecule has 290 valence electrons. The van der Waals surface area contributed by atoms with Gasteiger partial charge in [-0.1, -0.05) is 188 Å². The van der Waals surface area contributed by atoms with Crippen LogP contribution in [-0.4, -0.2) is 19.5 Å². The molecule has 3 aromatic heterocycles. The van der Waals surface area contributed by atoms with Gasteiger partial charge in [-0.15, -0.1) is 11.3 Å². The van der Waals surface area contributed by atoms with Crippen molar-refractivity contribution in [1.82, 2.24) is 19.5 Å². The van der Waals surface area contributed by atoms with Crippen LogP contribution in [0.25, 0.3) is 115 Å². The Morgan fingerprint density at radius 2 is 0.871 bits per heavy atom. The Labute approximate surface area is 371 Å². The van der Waals surface area contributed by atoms with E-state index in [1.165, 1.54) is 22.2 Å². The smallest absolute Gasteiger partial charge is 0.166 e. The van der Waals surface area contributed by atoms with E-state index in [-0.39, 0.29) is 58.1 Å². The van der Waals surface area contributed by atoms with Crippen molar-refractivity contribution in [1.29, 1.82) is 0 Å². The van der Waals surface area contributed by atoms with Crippen LogP contribution in [0.3, 0.4) is 0 Å². The number of nitrogens with zero attached hydrogens (tertiary/aromatic N) is 4. The van der Waals surface area contributed by atoms with Crippen LogP contribution in [-0.2, 0) is 0 Å². The molecule has 0 atom stereocenters. The average molecular weight is 815 g/mol. The molecule has 0 aliphatic carbocycles. The van der Waals surface area contributed by atoms with E-state index < -0.39 is 0 Å². The van der Waals surface area contributed by atoms with Crippen molar-refractivity contribution in [2.45, 2.75) is 0 Å². The topological polar surface area (TPSA) is 43.6 Å². The van der Waals surface area contributed by atoms with Crippen molar-refractivity contribution >= 4 is 53.3 Å². The molecule has 9 aromatic carbocycles. The maximum Gasteiger partial charge on any atom is 0.166 e. The predicted molar refractivity (Wildman–Crippen MR) is 260 cm³/mol. The lowest BCUT2D eigenvalue weighted by molar-refractivity contribution is 1.06. The second-order valence-corrected chi connectivity index (χ2v) is 16.2. The van der Waals surface area contributed by atoms with Gasteiger partial charge in [-0.2, -0.15) is 0 Å². The fourth-order valence-corrected chi connectivity index (χ4v) is 9.69. The first-order chi connectivity index (χ1) is 33.2. The SMILES string of the molecule is [2H]c1cc([2H])c2c(c1[2H])c1c([2H])c([2H])cc([2H])c1n2-c1ccc(-c2cccc3c2sc2ccccc23)cc1-c1nc(-c2ccc(-c3ccccc3)cc2)nc(-c2ccc(-c3ccccc3)cc2)n1. The molecule has 0 aliphatic rings. The zero-order chi connectivity index (χ0) is 46.2. The van der Waals surface area contributed by atoms with Crippen LogP contribution < -0.4 is 0 Å². The second-order valence-electron chi connectivity index (χ2n) is 15.1. The summed E-state index contributed by atoms with van der Waals surface area (Å²) in [5.41, 5.74) is 9.22. The summed E-state index contributed by atoms with van der Waals surface area (Å²) in [6, 6.07) is 59.1. The van der Waals surface area contributed by atoms with Gasteiger partial charge in [-0.05, 0) is 63.7 Å². The van der Waals surface area contributed by atoms with E-state index in [0.717, 1.165) is 54.6 Å². The molecule has 0 N–H and O–H groups in total. The standard InChI is InChI=1S/C57H36N4S/c1-3-14-37(15-4-1)39-26-30-41(31-27-39)55-58-56(42-32-28-40(29-33-42)38-16-5-2-6-17-38)60-57(59-55)49-36-43(44-21-13-22-48-47-20-9-12-25-53(47)62-54(44)48)34-35-52(49)61-50-23-10-7-18-45(50)46-19-8-11-24-51(46)61/h1-36H/i7D,8D,18D,19D,23D,24D. The van der Waals surface area contributed by atoms with E-state index >= 15 is 0 Å². The first-order valence-corrected chi connectivity index (χ1v) is 21.2. The number of hydrogen-bond acceptors (Lipinski definition) is 4. The highest BCUT2D eigenvalue weighted by atomic mass is 32.1. The average Bonchev–Trinajstić information content (AvgIpc) is 3.96. The molecule has 4 nitrogen and oxygen atoms in total. The summed E-state index contributed by atoms with van der Waals surface area (Å²) in [4.78, 5) is 15.7. The maximum atomic E-state index is 9.33. The van der Waals surface area contributed by atoms with Crippen molar-refractivity contribution in [2.24, 2.45) is 0 Å². The largest absolute Gasteiger partial charge is 0.309 e. The van der Waals surface area contributed by atoms with Crippen molar-refractivity contribution in [2.75, 3.05) is 0 Å². The normalized spacial score (nSPS) is 12.9. The molecule has 0 radical (unpaired) electrons. The molecule has 12 rings (SSSR count). The number of hydrogen-bond donors (Lipinski definition) is 0. The van der Waals surface area contributed by atoms with E-state index in [2.05, 4.69) is 91.0 Å². The van der Waals surface area contributed by atoms with E-state index in [1.54, 1.807) is 15.9 Å². The van der Waals surface area contributed by atoms with Gasteiger partial charge < -0.3 is 4.57 Å². The first-order valence-electron chi connectivity index (χ1n) is 23.3. The molecule has 0 aliphatic heterocycles. The van der Waals surface area contributed by atoms with Crippen LogP contribution in [0.4, 0.5) is 0 Å². The van der Waals surface area contributed by atoms with Crippen molar-refractivity contribution in [3.05, 3.63) is 218 Å². The molecule has 62 heavy (non-hydrogen) atoms. The zero-order valence-electron chi connectivity index (χ0n) is 39.0. The lowest BCUT2D eigenvalue weighted by Gasteiger charge is -2.16. The summed E-state index contributed by atoms with van der Waals surface area (Å²) in [7, 11) is 0. The van der Waals surface area contributed by atoms with Gasteiger partial charge in [-0.25, -0.2) is 15.0 Å². The minimum absolute atomic E-state index is 0.0540. The Morgan fingerprint density at radius 1 is 0.371 bits per heavy atom. The lowest BCUT2D eigenvalue weighted by Crippen LogP contribution is -2.04. The summed E-state index contributed by atoms with van der Waals surface area (Å²) >= 11 is 1.73. The maximum absolute atomic E-state index is 9.33. The van der Waals surface area contributed by atoms with Crippen LogP contribution in [0, 0.1) is 0 Å². The number of rotatable bonds is 7. The number of benzene rings is 9. The van der Waals surface area contributed by atoms with Crippen molar-refractivity contribution in [3.8, 4) is 73.2 Å². The minimum Gasteiger partial charge on any atom is -0.309 e. The molecule has 3 heterocycles. The van der Waals surface area contributed by atoms with Crippen LogP contribution in [0.15, 0.2) is 218 Å². The Kier molecular flexibility index (Phi) is 7.25. The molecule has 0 saturated heterocycles. The zero-order valence-corrected chi connectivity index (χ0v) is 33.8. The molecule has 0 spiro atoms. The lowest BCUT2D eigenvalue weighted by atomic mass is 9.99. The van der Waals surface area contributed by atoms with Gasteiger partial charge in [0.1, 0.15) is 0 Å². The van der Waals surface area contributed by atoms with Gasteiger partial charge in [0.25, 0.3) is 0 Å². The molecule has 0 bridgehead atoms. The predicted octanol–water partition coefficient (Wildman–Crippen LogP) is 15.3. The number of para-hydroxylation sites is 2. The van der Waals surface area contributed by atoms with E-state index in [0.29, 0.717) is 28.7 Å². The molecule has 0 amide bonds. The van der Waals surface area contributed by atoms with Crippen molar-refractivity contribution in [3.63, 3.8) is 0 Å². The quantitative estimate of drug-likeness (QED) is 0.161. The molecule has 0 saturated carbocycles. The molecule has 0 unspecified atom stereocenters. The Hall–Kier alpha value is -7.99. The highest BCUT2D eigenvalue weighted by molar-refractivity contribution is 7.26. The van der Waals surface area contributed by atoms with E-state index in [9.17, 15) is 2.74 Å². The van der Waals surface area contributed by atoms with Crippen LogP contribution in [0.2, 0.25) is 0 Å². The Bertz CT molecular complexity index is 3790. The third-order valence-corrected chi connectivity index (χ3v) is 12.7. The molecular formula is C57H36N4S. The van der Waals surface area contributed by atoms with Gasteiger partial charge in [0.2, 0.25) is 0 Å². The highest BCUT2D eigenvalue weighted by Gasteiger charge is 2.21. The van der Waals surface area contributed by atoms with Crippen LogP contribution >= 0.6 is 11.3 Å². The van der Waals surface area contributed by atoms with E-state index in [1.807, 2.05) is 78.9 Å². The third kappa shape index (κ3) is 6.18. The number of thiophene rings is 1. The fraction of sp³-hybridized carbons (Fsp3) is 0. The van der Waals surface area contributed by atoms with Crippen LogP contribution in [0.1, 0.15) is 8.22 Å². The number of aromatic nitrogens is 4. The van der Waals surface area contributed by atoms with Gasteiger partial charge in [0.05, 0.1) is 24.9 Å². The summed E-state index contributed by atoms with van der Waals surface area (Å²) in [6.07, 6.45) is 0. The van der Waals surface area contributed by atoms with E-state index in [4.69, 9.17) is 20.4 Å². The highest BCUT2D eigenvalue weighted by Crippen LogP contribution is 2.43. The molecular weight excluding hydrogens is 773 g/mol. The molecule has 0 fully saturated rings. The monoisotopic (exact) mass is 814 g/mol. The minimum atomic E-state index is -0.185. The summed E-state index contributed by atoms with van der Waals surface area (Å²) < 4.78 is 58.3. The first kappa shape index (κ1) is 30.1. The second kappa shape index (κ2) is 14.9. The summed E-state index contributed by atoms with van der Waals surface area (Å²) in [6.45, 7) is 0. The van der Waals surface area contributed by atoms with Crippen LogP contribution in [0.5, 0.6) is 0 Å². The Balaban J connectivity index is 1.16. The fourth-order valence-electron chi connectivity index (χ4n) is 8.45. The molecule has 5 heteroatoms. The summed E-state index contributed by atoms with van der Waals surface area (Å²) in [5.74, 6) is 1.19. The van der Waals surface area contributed by atoms with Gasteiger partial charge in [0, 0.05) is 47.6 Å². The van der Waals surface area contributed by atoms with Gasteiger partial charge >= 0.3 is 0 Å². The summed E-state index contributed by atoms with van der Waals surface area (Å²) in [5, 5.41) is 2.65. The van der Waals surface area contributed by atoms with Gasteiger partial charge in [0.15, 0.2) is 17.5 Å². The Morgan fingerprint density at radius 3 is 1.48 bits per heavy atom. The number of fused-ring (bicyclic) bond motifs is 6.